The van der Waals surface area contributed by atoms with Gasteiger partial charge in [0.1, 0.15) is 18.2 Å². The first-order valence-corrected chi connectivity index (χ1v) is 20.5. The molecule has 1 atom stereocenters. The first-order valence-electron chi connectivity index (χ1n) is 16.8. The van der Waals surface area contributed by atoms with Gasteiger partial charge in [0, 0.05) is 52.9 Å². The second kappa shape index (κ2) is 14.1. The Bertz CT molecular complexity index is 1700. The van der Waals surface area contributed by atoms with Crippen molar-refractivity contribution in [3.8, 4) is 28.4 Å². The summed E-state index contributed by atoms with van der Waals surface area (Å²) >= 11 is 0. The summed E-state index contributed by atoms with van der Waals surface area (Å²) in [5.74, 6) is 1.56. The van der Waals surface area contributed by atoms with Gasteiger partial charge in [0.15, 0.2) is 17.9 Å². The van der Waals surface area contributed by atoms with E-state index in [0.29, 0.717) is 57.6 Å². The Balaban J connectivity index is 1.39. The highest BCUT2D eigenvalue weighted by atomic mass is 28.3. The molecule has 12 nitrogen and oxygen atoms in total. The van der Waals surface area contributed by atoms with Crippen LogP contribution in [-0.4, -0.2) is 98.1 Å². The highest BCUT2D eigenvalue weighted by Crippen LogP contribution is 2.36. The van der Waals surface area contributed by atoms with Gasteiger partial charge in [-0.3, -0.25) is 4.90 Å². The summed E-state index contributed by atoms with van der Waals surface area (Å²) in [6.07, 6.45) is 2.71. The molecule has 47 heavy (non-hydrogen) atoms. The molecule has 1 unspecified atom stereocenters. The van der Waals surface area contributed by atoms with Gasteiger partial charge in [0.2, 0.25) is 0 Å². The number of aromatic nitrogens is 5. The van der Waals surface area contributed by atoms with Crippen LogP contribution < -0.4 is 0 Å². The first-order chi connectivity index (χ1) is 22.6. The number of hydrogen-bond donors (Lipinski definition) is 2. The van der Waals surface area contributed by atoms with E-state index in [2.05, 4.69) is 49.7 Å². The maximum absolute atomic E-state index is 11.4. The minimum atomic E-state index is -1.27. The quantitative estimate of drug-likeness (QED) is 0.146. The number of carboxylic acid groups (broad SMARTS) is 1. The Morgan fingerprint density at radius 3 is 2.57 bits per heavy atom. The Morgan fingerprint density at radius 2 is 1.87 bits per heavy atom. The Labute approximate surface area is 276 Å². The van der Waals surface area contributed by atoms with Gasteiger partial charge < -0.3 is 24.6 Å². The zero-order chi connectivity index (χ0) is 33.1. The summed E-state index contributed by atoms with van der Waals surface area (Å²) in [6, 6.07) is 13.0. The topological polar surface area (TPSA) is 131 Å². The molecule has 2 aliphatic rings. The standard InChI is InChI=1S/C34H47N7O5Si/c1-5-24-20-26(42)10-12-27(24)25-9-11-28-29(21-25)41(31-8-6-7-17-46-31)37-32(28)33-35-30(22-38-13-15-39(16-14-38)34(43)44)36-40(33)23-45-18-19-47(2,3)4/h9-12,20-21,31,42H,5-8,13-19,22-23H2,1-4H3,(H,43,44). The summed E-state index contributed by atoms with van der Waals surface area (Å²) in [7, 11) is -1.27. The van der Waals surface area contributed by atoms with Gasteiger partial charge in [-0.15, -0.1) is 0 Å². The lowest BCUT2D eigenvalue weighted by molar-refractivity contribution is -0.0365. The number of hydrogen-bond acceptors (Lipinski definition) is 8. The van der Waals surface area contributed by atoms with E-state index in [1.165, 1.54) is 4.90 Å². The molecular weight excluding hydrogens is 615 g/mol. The van der Waals surface area contributed by atoms with E-state index in [0.717, 1.165) is 65.0 Å². The Kier molecular flexibility index (Phi) is 9.97. The van der Waals surface area contributed by atoms with Gasteiger partial charge in [-0.05, 0) is 72.7 Å². The summed E-state index contributed by atoms with van der Waals surface area (Å²) in [5.41, 5.74) is 4.89. The van der Waals surface area contributed by atoms with Crippen LogP contribution in [0.15, 0.2) is 36.4 Å². The minimum Gasteiger partial charge on any atom is -0.508 e. The van der Waals surface area contributed by atoms with Crippen LogP contribution in [0.5, 0.6) is 5.75 Å². The van der Waals surface area contributed by atoms with Crippen molar-refractivity contribution in [2.75, 3.05) is 39.4 Å². The average Bonchev–Trinajstić information content (AvgIpc) is 3.63. The smallest absolute Gasteiger partial charge is 0.407 e. The van der Waals surface area contributed by atoms with E-state index in [1.54, 1.807) is 6.07 Å². The van der Waals surface area contributed by atoms with Crippen molar-refractivity contribution in [2.45, 2.75) is 77.8 Å². The lowest BCUT2D eigenvalue weighted by atomic mass is 9.96. The molecule has 2 aliphatic heterocycles. The van der Waals surface area contributed by atoms with E-state index in [1.807, 2.05) is 21.5 Å². The second-order valence-electron chi connectivity index (χ2n) is 13.8. The SMILES string of the molecule is CCc1cc(O)ccc1-c1ccc2c(-c3nc(CN4CCN(C(=O)O)CC4)nn3COCC[Si](C)(C)C)nn(C3CCCCO3)c2c1. The lowest BCUT2D eigenvalue weighted by Crippen LogP contribution is -2.47. The van der Waals surface area contributed by atoms with Gasteiger partial charge in [0.05, 0.1) is 12.1 Å². The molecule has 2 fully saturated rings. The third kappa shape index (κ3) is 7.69. The fourth-order valence-corrected chi connectivity index (χ4v) is 7.06. The number of phenols is 1. The molecule has 252 valence electrons. The Morgan fingerprint density at radius 1 is 1.06 bits per heavy atom. The van der Waals surface area contributed by atoms with E-state index in [4.69, 9.17) is 24.7 Å². The highest BCUT2D eigenvalue weighted by Gasteiger charge is 2.27. The number of fused-ring (bicyclic) bond motifs is 1. The molecule has 6 rings (SSSR count). The van der Waals surface area contributed by atoms with Crippen LogP contribution in [0.2, 0.25) is 25.7 Å². The maximum Gasteiger partial charge on any atom is 0.407 e. The van der Waals surface area contributed by atoms with Gasteiger partial charge >= 0.3 is 6.09 Å². The van der Waals surface area contributed by atoms with Crippen LogP contribution in [0, 0.1) is 0 Å². The van der Waals surface area contributed by atoms with Crippen molar-refractivity contribution in [3.63, 3.8) is 0 Å². The Hall–Kier alpha value is -3.78. The van der Waals surface area contributed by atoms with Crippen LogP contribution in [-0.2, 0) is 29.2 Å². The van der Waals surface area contributed by atoms with Gasteiger partial charge in [-0.2, -0.15) is 10.2 Å². The molecule has 0 radical (unpaired) electrons. The molecule has 0 spiro atoms. The molecule has 0 bridgehead atoms. The van der Waals surface area contributed by atoms with Crippen LogP contribution >= 0.6 is 0 Å². The van der Waals surface area contributed by atoms with Crippen molar-refractivity contribution in [2.24, 2.45) is 0 Å². The summed E-state index contributed by atoms with van der Waals surface area (Å²) < 4.78 is 16.3. The predicted molar refractivity (Wildman–Crippen MR) is 183 cm³/mol. The fourth-order valence-electron chi connectivity index (χ4n) is 6.31. The average molecular weight is 662 g/mol. The molecular formula is C34H47N7O5Si. The number of aromatic hydroxyl groups is 1. The molecule has 4 heterocycles. The zero-order valence-corrected chi connectivity index (χ0v) is 29.0. The van der Waals surface area contributed by atoms with Gasteiger partial charge in [-0.25, -0.2) is 19.1 Å². The predicted octanol–water partition coefficient (Wildman–Crippen LogP) is 6.04. The number of amides is 1. The van der Waals surface area contributed by atoms with Crippen molar-refractivity contribution in [3.05, 3.63) is 47.8 Å². The zero-order valence-electron chi connectivity index (χ0n) is 28.0. The molecule has 2 aromatic heterocycles. The maximum atomic E-state index is 11.4. The summed E-state index contributed by atoms with van der Waals surface area (Å²) in [5, 5.41) is 30.6. The van der Waals surface area contributed by atoms with E-state index < -0.39 is 14.2 Å². The highest BCUT2D eigenvalue weighted by molar-refractivity contribution is 6.76. The number of rotatable bonds is 11. The molecule has 2 N–H and O–H groups in total. The van der Waals surface area contributed by atoms with E-state index >= 15 is 0 Å². The largest absolute Gasteiger partial charge is 0.508 e. The number of benzene rings is 2. The molecule has 2 saturated heterocycles. The van der Waals surface area contributed by atoms with Crippen molar-refractivity contribution in [1.82, 2.24) is 34.3 Å². The number of ether oxygens (including phenoxy) is 2. The third-order valence-electron chi connectivity index (χ3n) is 9.06. The van der Waals surface area contributed by atoms with Crippen LogP contribution in [0.3, 0.4) is 0 Å². The summed E-state index contributed by atoms with van der Waals surface area (Å²) in [4.78, 5) is 20.1. The number of aryl methyl sites for hydroxylation is 1. The third-order valence-corrected chi connectivity index (χ3v) is 10.8. The molecule has 0 aliphatic carbocycles. The first kappa shape index (κ1) is 33.1. The normalized spacial score (nSPS) is 17.9. The van der Waals surface area contributed by atoms with E-state index in [-0.39, 0.29) is 18.7 Å². The molecule has 4 aromatic rings. The summed E-state index contributed by atoms with van der Waals surface area (Å²) in [6.45, 7) is 13.4. The molecule has 13 heteroatoms. The van der Waals surface area contributed by atoms with Crippen LogP contribution in [0.1, 0.15) is 43.8 Å². The van der Waals surface area contributed by atoms with E-state index in [9.17, 15) is 15.0 Å². The van der Waals surface area contributed by atoms with Gasteiger partial charge in [0.25, 0.3) is 0 Å². The number of piperazine rings is 1. The molecule has 0 saturated carbocycles. The minimum absolute atomic E-state index is 0.185. The van der Waals surface area contributed by atoms with Gasteiger partial charge in [-0.1, -0.05) is 38.7 Å². The van der Waals surface area contributed by atoms with Crippen molar-refractivity contribution in [1.29, 1.82) is 0 Å². The molecule has 2 aromatic carbocycles. The monoisotopic (exact) mass is 661 g/mol. The van der Waals surface area contributed by atoms with Crippen molar-refractivity contribution >= 4 is 25.1 Å². The lowest BCUT2D eigenvalue weighted by Gasteiger charge is -2.32. The van der Waals surface area contributed by atoms with Crippen LogP contribution in [0.4, 0.5) is 4.79 Å². The fraction of sp³-hybridized carbons (Fsp3) is 0.529. The molecule has 1 amide bonds. The number of nitrogens with zero attached hydrogens (tertiary/aromatic N) is 7. The second-order valence-corrected chi connectivity index (χ2v) is 19.4. The number of carbonyl (C=O) groups is 1. The number of phenolic OH excluding ortho intramolecular Hbond substituents is 1. The van der Waals surface area contributed by atoms with Crippen molar-refractivity contribution < 1.29 is 24.5 Å². The van der Waals surface area contributed by atoms with Crippen LogP contribution in [0.25, 0.3) is 33.5 Å².